The normalized spacial score (nSPS) is 10.9. The minimum Gasteiger partial charge on any atom is -0.305 e. The molecule has 20 heavy (non-hydrogen) atoms. The van der Waals surface area contributed by atoms with Crippen LogP contribution in [0.25, 0.3) is 12.2 Å². The average molecular weight is 267 g/mol. The quantitative estimate of drug-likeness (QED) is 0.854. The largest absolute Gasteiger partial charge is 0.305 e. The lowest BCUT2D eigenvalue weighted by Crippen LogP contribution is -2.24. The molecule has 102 valence electrons. The fraction of sp³-hybridized carbons (Fsp3) is 0.176. The highest BCUT2D eigenvalue weighted by Gasteiger charge is 2.04. The van der Waals surface area contributed by atoms with Gasteiger partial charge in [0.05, 0.1) is 6.54 Å². The lowest BCUT2D eigenvalue weighted by atomic mass is 10.1. The van der Waals surface area contributed by atoms with E-state index in [9.17, 15) is 9.59 Å². The van der Waals surface area contributed by atoms with Crippen molar-refractivity contribution < 1.29 is 4.79 Å². The van der Waals surface area contributed by atoms with Gasteiger partial charge >= 0.3 is 0 Å². The highest BCUT2D eigenvalue weighted by Crippen LogP contribution is 2.08. The molecule has 0 saturated heterocycles. The molecule has 0 fully saturated rings. The molecule has 1 aromatic carbocycles. The molecule has 0 atom stereocenters. The molecule has 3 heteroatoms. The first-order valence-corrected chi connectivity index (χ1v) is 6.50. The molecule has 1 aromatic heterocycles. The van der Waals surface area contributed by atoms with Crippen molar-refractivity contribution in [2.75, 3.05) is 0 Å². The summed E-state index contributed by atoms with van der Waals surface area (Å²) in [6, 6.07) is 13.4. The fourth-order valence-corrected chi connectivity index (χ4v) is 2.03. The molecule has 0 saturated carbocycles. The fourth-order valence-electron chi connectivity index (χ4n) is 2.03. The van der Waals surface area contributed by atoms with Crippen LogP contribution in [0.5, 0.6) is 0 Å². The summed E-state index contributed by atoms with van der Waals surface area (Å²) in [4.78, 5) is 23.1. The maximum absolute atomic E-state index is 12.0. The molecule has 0 aliphatic heterocycles. The lowest BCUT2D eigenvalue weighted by molar-refractivity contribution is -0.117. The Bertz CT molecular complexity index is 697. The second kappa shape index (κ2) is 6.15. The molecular weight excluding hydrogens is 250 g/mol. The van der Waals surface area contributed by atoms with Crippen LogP contribution < -0.4 is 5.56 Å². The van der Waals surface area contributed by atoms with Crippen LogP contribution >= 0.6 is 0 Å². The van der Waals surface area contributed by atoms with Crippen LogP contribution in [0.2, 0.25) is 0 Å². The second-order valence-corrected chi connectivity index (χ2v) is 4.80. The van der Waals surface area contributed by atoms with E-state index in [1.807, 2.05) is 55.5 Å². The van der Waals surface area contributed by atoms with E-state index in [0.717, 1.165) is 16.8 Å². The summed E-state index contributed by atoms with van der Waals surface area (Å²) in [7, 11) is 0. The molecular formula is C17H17NO2. The Kier molecular flexibility index (Phi) is 4.31. The van der Waals surface area contributed by atoms with Gasteiger partial charge in [0.2, 0.25) is 0 Å². The van der Waals surface area contributed by atoms with E-state index >= 15 is 0 Å². The van der Waals surface area contributed by atoms with Gasteiger partial charge in [0, 0.05) is 11.8 Å². The van der Waals surface area contributed by atoms with Crippen molar-refractivity contribution >= 4 is 17.9 Å². The van der Waals surface area contributed by atoms with Crippen LogP contribution in [-0.2, 0) is 11.3 Å². The van der Waals surface area contributed by atoms with Crippen molar-refractivity contribution in [3.63, 3.8) is 0 Å². The molecule has 1 heterocycles. The van der Waals surface area contributed by atoms with Crippen LogP contribution in [0.3, 0.4) is 0 Å². The van der Waals surface area contributed by atoms with Gasteiger partial charge in [-0.05, 0) is 31.0 Å². The Hall–Kier alpha value is -2.42. The summed E-state index contributed by atoms with van der Waals surface area (Å²) in [6.45, 7) is 3.45. The number of carbonyl (C=O) groups excluding carboxylic acids is 1. The monoisotopic (exact) mass is 267 g/mol. The molecule has 0 aliphatic rings. The van der Waals surface area contributed by atoms with Gasteiger partial charge in [-0.3, -0.25) is 9.59 Å². The number of aromatic nitrogens is 1. The number of aryl methyl sites for hydroxylation is 1. The van der Waals surface area contributed by atoms with Crippen LogP contribution in [0, 0.1) is 6.92 Å². The zero-order valence-corrected chi connectivity index (χ0v) is 11.7. The second-order valence-electron chi connectivity index (χ2n) is 4.80. The van der Waals surface area contributed by atoms with E-state index in [0.29, 0.717) is 0 Å². The van der Waals surface area contributed by atoms with Crippen molar-refractivity contribution in [1.29, 1.82) is 0 Å². The Labute approximate surface area is 118 Å². The zero-order chi connectivity index (χ0) is 14.5. The number of Topliss-reactive ketones (excluding diaryl/α,β-unsaturated/α-hetero) is 1. The molecule has 0 bridgehead atoms. The SMILES string of the molecule is CC(=O)Cn1c(C)cc(/C=C\c2ccccc2)cc1=O. The number of carbonyl (C=O) groups is 1. The zero-order valence-electron chi connectivity index (χ0n) is 11.7. The first-order valence-electron chi connectivity index (χ1n) is 6.50. The lowest BCUT2D eigenvalue weighted by Gasteiger charge is -2.08. The van der Waals surface area contributed by atoms with Crippen molar-refractivity contribution in [3.05, 3.63) is 69.6 Å². The number of pyridine rings is 1. The van der Waals surface area contributed by atoms with E-state index in [-0.39, 0.29) is 17.9 Å². The number of rotatable bonds is 4. The first kappa shape index (κ1) is 14.0. The van der Waals surface area contributed by atoms with Gasteiger partial charge in [-0.25, -0.2) is 0 Å². The summed E-state index contributed by atoms with van der Waals surface area (Å²) < 4.78 is 1.49. The number of ketones is 1. The predicted molar refractivity (Wildman–Crippen MR) is 81.5 cm³/mol. The summed E-state index contributed by atoms with van der Waals surface area (Å²) in [5.74, 6) is -0.0252. The van der Waals surface area contributed by atoms with Gasteiger partial charge in [-0.2, -0.15) is 0 Å². The average Bonchev–Trinajstić information content (AvgIpc) is 2.41. The molecule has 0 radical (unpaired) electrons. The molecule has 0 aliphatic carbocycles. The number of benzene rings is 1. The number of nitrogens with zero attached hydrogens (tertiary/aromatic N) is 1. The Morgan fingerprint density at radius 3 is 2.35 bits per heavy atom. The van der Waals surface area contributed by atoms with Gasteiger partial charge in [-0.1, -0.05) is 42.5 Å². The number of hydrogen-bond acceptors (Lipinski definition) is 2. The molecule has 3 nitrogen and oxygen atoms in total. The molecule has 2 rings (SSSR count). The Morgan fingerprint density at radius 2 is 1.75 bits per heavy atom. The van der Waals surface area contributed by atoms with Crippen molar-refractivity contribution in [2.45, 2.75) is 20.4 Å². The van der Waals surface area contributed by atoms with Gasteiger partial charge < -0.3 is 4.57 Å². The summed E-state index contributed by atoms with van der Waals surface area (Å²) in [5, 5.41) is 0. The summed E-state index contributed by atoms with van der Waals surface area (Å²) in [5.41, 5.74) is 2.57. The topological polar surface area (TPSA) is 39.1 Å². The third-order valence-corrected chi connectivity index (χ3v) is 3.01. The maximum Gasteiger partial charge on any atom is 0.251 e. The van der Waals surface area contributed by atoms with E-state index in [4.69, 9.17) is 0 Å². The Morgan fingerprint density at radius 1 is 1.10 bits per heavy atom. The first-order chi connectivity index (χ1) is 9.56. The molecule has 0 unspecified atom stereocenters. The van der Waals surface area contributed by atoms with Crippen LogP contribution in [0.1, 0.15) is 23.7 Å². The molecule has 0 spiro atoms. The van der Waals surface area contributed by atoms with E-state index in [1.165, 1.54) is 11.5 Å². The predicted octanol–water partition coefficient (Wildman–Crippen LogP) is 2.92. The van der Waals surface area contributed by atoms with Gasteiger partial charge in [-0.15, -0.1) is 0 Å². The third kappa shape index (κ3) is 3.54. The molecule has 2 aromatic rings. The van der Waals surface area contributed by atoms with Gasteiger partial charge in [0.25, 0.3) is 5.56 Å². The van der Waals surface area contributed by atoms with Gasteiger partial charge in [0.15, 0.2) is 0 Å². The van der Waals surface area contributed by atoms with E-state index < -0.39 is 0 Å². The van der Waals surface area contributed by atoms with Crippen molar-refractivity contribution in [2.24, 2.45) is 0 Å². The van der Waals surface area contributed by atoms with Crippen molar-refractivity contribution in [1.82, 2.24) is 4.57 Å². The highest BCUT2D eigenvalue weighted by molar-refractivity contribution is 5.75. The van der Waals surface area contributed by atoms with Crippen molar-refractivity contribution in [3.8, 4) is 0 Å². The van der Waals surface area contributed by atoms with E-state index in [1.54, 1.807) is 6.07 Å². The molecule has 0 amide bonds. The van der Waals surface area contributed by atoms with E-state index in [2.05, 4.69) is 0 Å². The minimum atomic E-state index is -0.145. The maximum atomic E-state index is 12.0. The van der Waals surface area contributed by atoms with Crippen LogP contribution in [0.4, 0.5) is 0 Å². The summed E-state index contributed by atoms with van der Waals surface area (Å²) >= 11 is 0. The smallest absolute Gasteiger partial charge is 0.251 e. The highest BCUT2D eigenvalue weighted by atomic mass is 16.1. The molecule has 0 N–H and O–H groups in total. The number of hydrogen-bond donors (Lipinski definition) is 0. The standard InChI is InChI=1S/C17H17NO2/c1-13-10-16(9-8-15-6-4-3-5-7-15)11-17(20)18(13)12-14(2)19/h3-11H,12H2,1-2H3/b9-8-. The van der Waals surface area contributed by atoms with Crippen LogP contribution in [0.15, 0.2) is 47.3 Å². The minimum absolute atomic E-state index is 0.0252. The van der Waals surface area contributed by atoms with Gasteiger partial charge in [0.1, 0.15) is 5.78 Å². The Balaban J connectivity index is 2.29. The van der Waals surface area contributed by atoms with Crippen LogP contribution in [-0.4, -0.2) is 10.4 Å². The third-order valence-electron chi connectivity index (χ3n) is 3.01. The summed E-state index contributed by atoms with van der Waals surface area (Å²) in [6.07, 6.45) is 3.87.